The fourth-order valence-corrected chi connectivity index (χ4v) is 3.89. The first kappa shape index (κ1) is 19.7. The van der Waals surface area contributed by atoms with Gasteiger partial charge in [-0.2, -0.15) is 0 Å². The fourth-order valence-electron chi connectivity index (χ4n) is 3.89. The quantitative estimate of drug-likeness (QED) is 0.583. The number of fused-ring (bicyclic) bond motifs is 3. The standard InChI is InChI=1S/C24H21NO5/c26-22(15-8-2-1-3-9-15)21(23(27)28)25-24(29)30-14-20-18-12-6-4-10-16(18)17-11-5-7-13-19(17)20/h1-13,20-22,26H,14H2,(H,25,29)(H,27,28)/t21-,22+/m0/s1. The number of alkyl carbamates (subject to hydrolysis) is 1. The number of carboxylic acid groups (broad SMARTS) is 1. The van der Waals surface area contributed by atoms with Crippen LogP contribution in [-0.2, 0) is 9.53 Å². The van der Waals surface area contributed by atoms with E-state index in [4.69, 9.17) is 4.74 Å². The number of nitrogens with one attached hydrogen (secondary N) is 1. The average Bonchev–Trinajstić information content (AvgIpc) is 3.10. The number of benzene rings is 3. The molecule has 0 saturated heterocycles. The number of carboxylic acids is 1. The fraction of sp³-hybridized carbons (Fsp3) is 0.167. The third-order valence-corrected chi connectivity index (χ3v) is 5.34. The van der Waals surface area contributed by atoms with Crippen LogP contribution in [0.25, 0.3) is 11.1 Å². The minimum absolute atomic E-state index is 0.0631. The van der Waals surface area contributed by atoms with E-state index in [0.717, 1.165) is 22.3 Å². The van der Waals surface area contributed by atoms with E-state index < -0.39 is 24.2 Å². The molecule has 1 amide bonds. The van der Waals surface area contributed by atoms with Gasteiger partial charge in [-0.1, -0.05) is 78.9 Å². The number of rotatable bonds is 6. The SMILES string of the molecule is O=C(N[C@H](C(=O)O)[C@H](O)c1ccccc1)OCC1c2ccccc2-c2ccccc21. The Morgan fingerprint density at radius 3 is 1.97 bits per heavy atom. The minimum Gasteiger partial charge on any atom is -0.480 e. The third-order valence-electron chi connectivity index (χ3n) is 5.34. The normalized spacial score (nSPS) is 14.3. The Morgan fingerprint density at radius 2 is 1.40 bits per heavy atom. The summed E-state index contributed by atoms with van der Waals surface area (Å²) in [6.45, 7) is 0.0631. The van der Waals surface area contributed by atoms with Gasteiger partial charge < -0.3 is 20.3 Å². The van der Waals surface area contributed by atoms with Crippen LogP contribution in [0.4, 0.5) is 4.79 Å². The van der Waals surface area contributed by atoms with E-state index in [9.17, 15) is 19.8 Å². The van der Waals surface area contributed by atoms with Gasteiger partial charge in [0.2, 0.25) is 0 Å². The topological polar surface area (TPSA) is 95.9 Å². The lowest BCUT2D eigenvalue weighted by molar-refractivity contribution is -0.142. The van der Waals surface area contributed by atoms with Crippen LogP contribution in [0.5, 0.6) is 0 Å². The molecule has 0 radical (unpaired) electrons. The van der Waals surface area contributed by atoms with Gasteiger partial charge in [-0.3, -0.25) is 0 Å². The summed E-state index contributed by atoms with van der Waals surface area (Å²) in [6, 6.07) is 22.7. The van der Waals surface area contributed by atoms with Crippen molar-refractivity contribution in [1.82, 2.24) is 5.32 Å². The molecule has 0 unspecified atom stereocenters. The molecule has 0 aliphatic heterocycles. The zero-order chi connectivity index (χ0) is 21.1. The van der Waals surface area contributed by atoms with Gasteiger partial charge in [0, 0.05) is 5.92 Å². The number of ether oxygens (including phenoxy) is 1. The predicted molar refractivity (Wildman–Crippen MR) is 111 cm³/mol. The van der Waals surface area contributed by atoms with Gasteiger partial charge in [0.15, 0.2) is 6.04 Å². The molecule has 0 saturated carbocycles. The highest BCUT2D eigenvalue weighted by molar-refractivity contribution is 5.81. The molecule has 0 bridgehead atoms. The van der Waals surface area contributed by atoms with Crippen LogP contribution in [-0.4, -0.2) is 34.9 Å². The van der Waals surface area contributed by atoms with Crippen molar-refractivity contribution < 1.29 is 24.5 Å². The largest absolute Gasteiger partial charge is 0.480 e. The monoisotopic (exact) mass is 403 g/mol. The molecule has 2 atom stereocenters. The number of aliphatic hydroxyl groups is 1. The molecule has 6 heteroatoms. The van der Waals surface area contributed by atoms with Crippen molar-refractivity contribution in [2.24, 2.45) is 0 Å². The molecule has 0 heterocycles. The van der Waals surface area contributed by atoms with E-state index in [1.54, 1.807) is 30.3 Å². The van der Waals surface area contributed by atoms with Crippen LogP contribution >= 0.6 is 0 Å². The molecule has 0 spiro atoms. The second kappa shape index (κ2) is 8.39. The second-order valence-corrected chi connectivity index (χ2v) is 7.14. The Morgan fingerprint density at radius 1 is 0.867 bits per heavy atom. The van der Waals surface area contributed by atoms with Gasteiger partial charge in [-0.15, -0.1) is 0 Å². The predicted octanol–water partition coefficient (Wildman–Crippen LogP) is 3.71. The van der Waals surface area contributed by atoms with Crippen molar-refractivity contribution in [3.8, 4) is 11.1 Å². The zero-order valence-electron chi connectivity index (χ0n) is 16.1. The molecule has 4 rings (SSSR count). The van der Waals surface area contributed by atoms with Crippen LogP contribution in [0.1, 0.15) is 28.7 Å². The van der Waals surface area contributed by atoms with E-state index >= 15 is 0 Å². The molecule has 3 aromatic rings. The van der Waals surface area contributed by atoms with Gasteiger partial charge in [0.1, 0.15) is 12.7 Å². The lowest BCUT2D eigenvalue weighted by Crippen LogP contribution is -2.45. The van der Waals surface area contributed by atoms with Gasteiger partial charge in [0.05, 0.1) is 0 Å². The summed E-state index contributed by atoms with van der Waals surface area (Å²) < 4.78 is 5.38. The van der Waals surface area contributed by atoms with Crippen molar-refractivity contribution >= 4 is 12.1 Å². The Labute approximate surface area is 173 Å². The van der Waals surface area contributed by atoms with Crippen molar-refractivity contribution in [3.05, 3.63) is 95.6 Å². The second-order valence-electron chi connectivity index (χ2n) is 7.14. The van der Waals surface area contributed by atoms with Gasteiger partial charge >= 0.3 is 12.1 Å². The van der Waals surface area contributed by atoms with Crippen LogP contribution in [0, 0.1) is 0 Å². The van der Waals surface area contributed by atoms with Crippen LogP contribution in [0.2, 0.25) is 0 Å². The lowest BCUT2D eigenvalue weighted by atomic mass is 9.98. The summed E-state index contributed by atoms with van der Waals surface area (Å²) in [5.74, 6) is -1.48. The summed E-state index contributed by atoms with van der Waals surface area (Å²) in [6.07, 6.45) is -2.29. The number of hydrogen-bond acceptors (Lipinski definition) is 4. The first-order valence-electron chi connectivity index (χ1n) is 9.63. The lowest BCUT2D eigenvalue weighted by Gasteiger charge is -2.21. The van der Waals surface area contributed by atoms with Gasteiger partial charge in [0.25, 0.3) is 0 Å². The number of aliphatic hydroxyl groups excluding tert-OH is 1. The maximum absolute atomic E-state index is 12.4. The van der Waals surface area contributed by atoms with Crippen LogP contribution < -0.4 is 5.32 Å². The number of aliphatic carboxylic acids is 1. The zero-order valence-corrected chi connectivity index (χ0v) is 16.1. The molecular weight excluding hydrogens is 382 g/mol. The molecule has 3 aromatic carbocycles. The smallest absolute Gasteiger partial charge is 0.407 e. The summed E-state index contributed by atoms with van der Waals surface area (Å²) in [5.41, 5.74) is 4.72. The summed E-state index contributed by atoms with van der Waals surface area (Å²) in [7, 11) is 0. The first-order valence-corrected chi connectivity index (χ1v) is 9.63. The maximum atomic E-state index is 12.4. The molecule has 0 fully saturated rings. The first-order chi connectivity index (χ1) is 14.6. The van der Waals surface area contributed by atoms with E-state index in [1.165, 1.54) is 0 Å². The van der Waals surface area contributed by atoms with E-state index in [-0.39, 0.29) is 12.5 Å². The molecule has 30 heavy (non-hydrogen) atoms. The Kier molecular flexibility index (Phi) is 5.50. The van der Waals surface area contributed by atoms with Gasteiger partial charge in [-0.05, 0) is 27.8 Å². The Balaban J connectivity index is 1.46. The van der Waals surface area contributed by atoms with Crippen molar-refractivity contribution in [2.45, 2.75) is 18.1 Å². The summed E-state index contributed by atoms with van der Waals surface area (Å²) in [4.78, 5) is 24.0. The highest BCUT2D eigenvalue weighted by atomic mass is 16.5. The molecule has 152 valence electrons. The molecule has 3 N–H and O–H groups in total. The van der Waals surface area contributed by atoms with Crippen molar-refractivity contribution in [1.29, 1.82) is 0 Å². The minimum atomic E-state index is -1.52. The molecule has 6 nitrogen and oxygen atoms in total. The third kappa shape index (κ3) is 3.77. The van der Waals surface area contributed by atoms with Crippen LogP contribution in [0.3, 0.4) is 0 Å². The van der Waals surface area contributed by atoms with Crippen molar-refractivity contribution in [2.75, 3.05) is 6.61 Å². The number of hydrogen-bond donors (Lipinski definition) is 3. The highest BCUT2D eigenvalue weighted by Crippen LogP contribution is 2.44. The number of amides is 1. The summed E-state index contributed by atoms with van der Waals surface area (Å²) >= 11 is 0. The van der Waals surface area contributed by atoms with E-state index in [0.29, 0.717) is 5.56 Å². The van der Waals surface area contributed by atoms with Crippen LogP contribution in [0.15, 0.2) is 78.9 Å². The van der Waals surface area contributed by atoms with Gasteiger partial charge in [-0.25, -0.2) is 9.59 Å². The summed E-state index contributed by atoms with van der Waals surface area (Å²) in [5, 5.41) is 22.1. The molecular formula is C24H21NO5. The molecule has 1 aliphatic rings. The number of carbonyl (C=O) groups is 2. The molecule has 0 aromatic heterocycles. The maximum Gasteiger partial charge on any atom is 0.407 e. The van der Waals surface area contributed by atoms with E-state index in [1.807, 2.05) is 48.5 Å². The Hall–Kier alpha value is -3.64. The Bertz CT molecular complexity index is 1020. The molecule has 1 aliphatic carbocycles. The van der Waals surface area contributed by atoms with E-state index in [2.05, 4.69) is 5.32 Å². The average molecular weight is 403 g/mol. The number of carbonyl (C=O) groups excluding carboxylic acids is 1. The highest BCUT2D eigenvalue weighted by Gasteiger charge is 2.32. The van der Waals surface area contributed by atoms with Crippen molar-refractivity contribution in [3.63, 3.8) is 0 Å².